The van der Waals surface area contributed by atoms with E-state index in [0.717, 1.165) is 35.5 Å². The van der Waals surface area contributed by atoms with E-state index in [-0.39, 0.29) is 5.56 Å². The number of nitrogens with one attached hydrogen (secondary N) is 1. The van der Waals surface area contributed by atoms with Gasteiger partial charge in [-0.05, 0) is 56.2 Å². The lowest BCUT2D eigenvalue weighted by atomic mass is 10.1. The maximum Gasteiger partial charge on any atom is 0.280 e. The smallest absolute Gasteiger partial charge is 0.280 e. The first-order valence-corrected chi connectivity index (χ1v) is 9.10. The molecule has 2 aromatic carbocycles. The molecule has 134 valence electrons. The molecule has 3 aromatic rings. The van der Waals surface area contributed by atoms with Crippen molar-refractivity contribution in [1.82, 2.24) is 9.78 Å². The molecule has 0 bridgehead atoms. The Balaban J connectivity index is 2.12. The van der Waals surface area contributed by atoms with Gasteiger partial charge in [0.05, 0.1) is 22.6 Å². The maximum absolute atomic E-state index is 13.1. The first-order valence-electron chi connectivity index (χ1n) is 8.72. The van der Waals surface area contributed by atoms with Gasteiger partial charge in [0.2, 0.25) is 0 Å². The van der Waals surface area contributed by atoms with Crippen LogP contribution in [0.5, 0.6) is 0 Å². The number of halogens is 1. The number of hydrogen-bond donors (Lipinski definition) is 1. The molecule has 3 rings (SSSR count). The molecule has 0 amide bonds. The second kappa shape index (κ2) is 7.75. The zero-order valence-electron chi connectivity index (χ0n) is 15.2. The van der Waals surface area contributed by atoms with E-state index in [9.17, 15) is 4.79 Å². The van der Waals surface area contributed by atoms with Crippen LogP contribution in [-0.2, 0) is 6.42 Å². The van der Waals surface area contributed by atoms with Crippen molar-refractivity contribution in [3.63, 3.8) is 0 Å². The normalized spacial score (nSPS) is 11.8. The molecule has 0 saturated carbocycles. The summed E-state index contributed by atoms with van der Waals surface area (Å²) in [6.45, 7) is 5.94. The van der Waals surface area contributed by atoms with Gasteiger partial charge in [-0.3, -0.25) is 14.9 Å². The second-order valence-corrected chi connectivity index (χ2v) is 6.76. The van der Waals surface area contributed by atoms with Crippen LogP contribution in [0.25, 0.3) is 5.69 Å². The highest BCUT2D eigenvalue weighted by Gasteiger charge is 2.17. The van der Waals surface area contributed by atoms with Crippen molar-refractivity contribution in [2.75, 3.05) is 0 Å². The SMILES string of the molecule is CCCc1[nH]n(-c2ccccc2)c(=O)c1C(C)=Nc1ccc(Cl)cc1C. The van der Waals surface area contributed by atoms with E-state index in [4.69, 9.17) is 16.6 Å². The summed E-state index contributed by atoms with van der Waals surface area (Å²) in [5.74, 6) is 0. The minimum Gasteiger partial charge on any atom is -0.294 e. The van der Waals surface area contributed by atoms with Crippen LogP contribution >= 0.6 is 11.6 Å². The van der Waals surface area contributed by atoms with Crippen LogP contribution in [0.4, 0.5) is 5.69 Å². The molecule has 1 heterocycles. The Hall–Kier alpha value is -2.59. The Morgan fingerprint density at radius 1 is 1.19 bits per heavy atom. The molecule has 0 aliphatic rings. The molecule has 4 nitrogen and oxygen atoms in total. The number of rotatable bonds is 5. The van der Waals surface area contributed by atoms with E-state index >= 15 is 0 Å². The molecule has 1 N–H and O–H groups in total. The third kappa shape index (κ3) is 3.65. The van der Waals surface area contributed by atoms with Gasteiger partial charge in [0.25, 0.3) is 5.56 Å². The molecule has 0 radical (unpaired) electrons. The number of aromatic nitrogens is 2. The monoisotopic (exact) mass is 367 g/mol. The van der Waals surface area contributed by atoms with Gasteiger partial charge in [-0.1, -0.05) is 43.1 Å². The number of aryl methyl sites for hydroxylation is 2. The summed E-state index contributed by atoms with van der Waals surface area (Å²) in [5.41, 5.74) is 4.80. The second-order valence-electron chi connectivity index (χ2n) is 6.32. The molecule has 5 heteroatoms. The van der Waals surface area contributed by atoms with E-state index in [2.05, 4.69) is 12.0 Å². The molecule has 0 spiro atoms. The topological polar surface area (TPSA) is 50.1 Å². The van der Waals surface area contributed by atoms with Crippen LogP contribution < -0.4 is 5.56 Å². The third-order valence-corrected chi connectivity index (χ3v) is 4.52. The average molecular weight is 368 g/mol. The van der Waals surface area contributed by atoms with Gasteiger partial charge in [-0.15, -0.1) is 0 Å². The van der Waals surface area contributed by atoms with Crippen LogP contribution in [0.2, 0.25) is 5.02 Å². The summed E-state index contributed by atoms with van der Waals surface area (Å²) in [6.07, 6.45) is 1.73. The molecular weight excluding hydrogens is 346 g/mol. The molecule has 0 saturated heterocycles. The van der Waals surface area contributed by atoms with Crippen molar-refractivity contribution < 1.29 is 0 Å². The number of H-pyrrole nitrogens is 1. The Bertz CT molecular complexity index is 1000. The first-order chi connectivity index (χ1) is 12.5. The summed E-state index contributed by atoms with van der Waals surface area (Å²) < 4.78 is 1.59. The van der Waals surface area contributed by atoms with Crippen LogP contribution in [0.1, 0.15) is 37.1 Å². The lowest BCUT2D eigenvalue weighted by Crippen LogP contribution is -2.19. The standard InChI is InChI=1S/C21H22ClN3O/c1-4-8-19-20(15(3)23-18-12-11-16(22)13-14(18)2)21(26)25(24-19)17-9-6-5-7-10-17/h5-7,9-13,24H,4,8H2,1-3H3. The quantitative estimate of drug-likeness (QED) is 0.617. The highest BCUT2D eigenvalue weighted by molar-refractivity contribution is 6.30. The number of aromatic amines is 1. The number of hydrogen-bond acceptors (Lipinski definition) is 2. The van der Waals surface area contributed by atoms with Crippen molar-refractivity contribution >= 4 is 23.0 Å². The highest BCUT2D eigenvalue weighted by Crippen LogP contribution is 2.23. The Morgan fingerprint density at radius 3 is 2.58 bits per heavy atom. The molecule has 26 heavy (non-hydrogen) atoms. The van der Waals surface area contributed by atoms with Crippen LogP contribution in [0.3, 0.4) is 0 Å². The zero-order chi connectivity index (χ0) is 18.7. The van der Waals surface area contributed by atoms with Gasteiger partial charge in [-0.2, -0.15) is 0 Å². The molecular formula is C21H22ClN3O. The van der Waals surface area contributed by atoms with Crippen molar-refractivity contribution in [2.24, 2.45) is 4.99 Å². The van der Waals surface area contributed by atoms with Crippen molar-refractivity contribution in [2.45, 2.75) is 33.6 Å². The number of benzene rings is 2. The average Bonchev–Trinajstić information content (AvgIpc) is 2.95. The summed E-state index contributed by atoms with van der Waals surface area (Å²) in [5, 5.41) is 3.94. The van der Waals surface area contributed by atoms with Crippen LogP contribution in [0.15, 0.2) is 58.3 Å². The minimum absolute atomic E-state index is 0.0764. The third-order valence-electron chi connectivity index (χ3n) is 4.29. The van der Waals surface area contributed by atoms with E-state index in [0.29, 0.717) is 16.3 Å². The number of nitrogens with zero attached hydrogens (tertiary/aromatic N) is 2. The summed E-state index contributed by atoms with van der Waals surface area (Å²) in [7, 11) is 0. The van der Waals surface area contributed by atoms with Crippen LogP contribution in [-0.4, -0.2) is 15.5 Å². The number of aliphatic imine (C=N–C) groups is 1. The lowest BCUT2D eigenvalue weighted by Gasteiger charge is -2.04. The Kier molecular flexibility index (Phi) is 5.43. The molecule has 0 fully saturated rings. The van der Waals surface area contributed by atoms with Gasteiger partial charge in [0, 0.05) is 10.7 Å². The molecule has 0 aliphatic heterocycles. The van der Waals surface area contributed by atoms with Crippen molar-refractivity contribution in [3.05, 3.63) is 80.7 Å². The van der Waals surface area contributed by atoms with E-state index in [1.165, 1.54) is 0 Å². The van der Waals surface area contributed by atoms with Crippen molar-refractivity contribution in [3.8, 4) is 5.69 Å². The fourth-order valence-corrected chi connectivity index (χ4v) is 3.25. The maximum atomic E-state index is 13.1. The molecule has 1 aromatic heterocycles. The summed E-state index contributed by atoms with van der Waals surface area (Å²) >= 11 is 6.03. The zero-order valence-corrected chi connectivity index (χ0v) is 16.0. The fourth-order valence-electron chi connectivity index (χ4n) is 3.03. The predicted octanol–water partition coefficient (Wildman–Crippen LogP) is 5.22. The van der Waals surface area contributed by atoms with E-state index in [1.807, 2.05) is 62.4 Å². The summed E-state index contributed by atoms with van der Waals surface area (Å²) in [6, 6.07) is 15.2. The lowest BCUT2D eigenvalue weighted by molar-refractivity contribution is 0.793. The van der Waals surface area contributed by atoms with Crippen LogP contribution in [0, 0.1) is 6.92 Å². The Labute approximate surface area is 158 Å². The van der Waals surface area contributed by atoms with Gasteiger partial charge in [0.15, 0.2) is 0 Å². The molecule has 0 unspecified atom stereocenters. The Morgan fingerprint density at radius 2 is 1.92 bits per heavy atom. The van der Waals surface area contributed by atoms with Gasteiger partial charge >= 0.3 is 0 Å². The molecule has 0 atom stereocenters. The minimum atomic E-state index is -0.0764. The van der Waals surface area contributed by atoms with Gasteiger partial charge in [0.1, 0.15) is 0 Å². The molecule has 0 aliphatic carbocycles. The van der Waals surface area contributed by atoms with Gasteiger partial charge < -0.3 is 0 Å². The predicted molar refractivity (Wildman–Crippen MR) is 108 cm³/mol. The summed E-state index contributed by atoms with van der Waals surface area (Å²) in [4.78, 5) is 17.8. The van der Waals surface area contributed by atoms with E-state index in [1.54, 1.807) is 4.68 Å². The number of para-hydroxylation sites is 1. The van der Waals surface area contributed by atoms with Gasteiger partial charge in [-0.25, -0.2) is 4.68 Å². The van der Waals surface area contributed by atoms with Crippen molar-refractivity contribution in [1.29, 1.82) is 0 Å². The highest BCUT2D eigenvalue weighted by atomic mass is 35.5. The van der Waals surface area contributed by atoms with E-state index < -0.39 is 0 Å². The fraction of sp³-hybridized carbons (Fsp3) is 0.238. The largest absolute Gasteiger partial charge is 0.294 e. The first kappa shape index (κ1) is 18.2.